The van der Waals surface area contributed by atoms with Gasteiger partial charge < -0.3 is 9.80 Å². The lowest BCUT2D eigenvalue weighted by molar-refractivity contribution is -0.121. The smallest absolute Gasteiger partial charge is 0.234 e. The Morgan fingerprint density at radius 3 is 1.53 bits per heavy atom. The van der Waals surface area contributed by atoms with Gasteiger partial charge in [0.25, 0.3) is 0 Å². The Kier molecular flexibility index (Phi) is 15.1. The summed E-state index contributed by atoms with van der Waals surface area (Å²) in [5, 5.41) is 19.4. The van der Waals surface area contributed by atoms with Gasteiger partial charge in [0.1, 0.15) is 0 Å². The van der Waals surface area contributed by atoms with Crippen LogP contribution in [-0.4, -0.2) is 53.8 Å². The van der Waals surface area contributed by atoms with Crippen LogP contribution < -0.4 is 9.80 Å². The van der Waals surface area contributed by atoms with Gasteiger partial charge in [-0.05, 0) is 130 Å². The molecule has 3 aliphatic rings. The number of likely N-dealkylation sites (tertiary alicyclic amines) is 1. The maximum atomic E-state index is 13.5. The molecular weight excluding hydrogens is 770 g/mol. The number of alkyl halides is 1. The second kappa shape index (κ2) is 20.6. The van der Waals surface area contributed by atoms with Crippen molar-refractivity contribution in [3.8, 4) is 12.1 Å². The van der Waals surface area contributed by atoms with Crippen molar-refractivity contribution >= 4 is 39.1 Å². The van der Waals surface area contributed by atoms with E-state index in [0.717, 1.165) is 79.6 Å². The Morgan fingerprint density at radius 2 is 1.05 bits per heavy atom. The molecule has 0 spiro atoms. The van der Waals surface area contributed by atoms with Crippen molar-refractivity contribution in [1.82, 2.24) is 4.90 Å². The minimum absolute atomic E-state index is 0.146. The summed E-state index contributed by atoms with van der Waals surface area (Å²) in [6.45, 7) is 7.39. The molecule has 0 N–H and O–H groups in total. The van der Waals surface area contributed by atoms with Gasteiger partial charge in [-0.1, -0.05) is 95.9 Å². The van der Waals surface area contributed by atoms with Gasteiger partial charge in [0.05, 0.1) is 35.1 Å². The normalized spacial score (nSPS) is 20.4. The van der Waals surface area contributed by atoms with Crippen LogP contribution in [0.1, 0.15) is 117 Å². The number of halogens is 1. The number of hydrogen-bond donors (Lipinski definition) is 0. The second-order valence-corrected chi connectivity index (χ2v) is 16.7. The third-order valence-electron chi connectivity index (χ3n) is 12.1. The van der Waals surface area contributed by atoms with Crippen LogP contribution in [0, 0.1) is 22.7 Å². The topological polar surface area (TPSA) is 91.4 Å². The highest BCUT2D eigenvalue weighted by Gasteiger charge is 2.35. The Hall–Kier alpha value is -4.76. The van der Waals surface area contributed by atoms with Crippen LogP contribution in [0.25, 0.3) is 0 Å². The van der Waals surface area contributed by atoms with Gasteiger partial charge >= 0.3 is 0 Å². The van der Waals surface area contributed by atoms with Crippen LogP contribution in [0.4, 0.5) is 11.4 Å². The maximum absolute atomic E-state index is 13.5. The van der Waals surface area contributed by atoms with Gasteiger partial charge in [-0.15, -0.1) is 0 Å². The average molecular weight is 827 g/mol. The first-order valence-corrected chi connectivity index (χ1v) is 22.1. The van der Waals surface area contributed by atoms with E-state index < -0.39 is 0 Å². The molecule has 8 heteroatoms. The van der Waals surface area contributed by atoms with E-state index in [-0.39, 0.29) is 23.7 Å². The number of hydrogen-bond acceptors (Lipinski definition) is 5. The Morgan fingerprint density at radius 1 is 0.596 bits per heavy atom. The summed E-state index contributed by atoms with van der Waals surface area (Å²) in [7, 11) is 0. The number of rotatable bonds is 13. The summed E-state index contributed by atoms with van der Waals surface area (Å²) >= 11 is 3.46. The number of anilines is 2. The number of para-hydroxylation sites is 2. The number of fused-ring (bicyclic) bond motifs is 2. The van der Waals surface area contributed by atoms with Crippen LogP contribution in [0.15, 0.2) is 97.1 Å². The van der Waals surface area contributed by atoms with E-state index in [2.05, 4.69) is 71.1 Å². The first-order chi connectivity index (χ1) is 27.8. The minimum Gasteiger partial charge on any atom is -0.312 e. The molecule has 1 fully saturated rings. The van der Waals surface area contributed by atoms with Crippen LogP contribution in [-0.2, 0) is 22.4 Å². The first-order valence-electron chi connectivity index (χ1n) is 20.9. The van der Waals surface area contributed by atoms with E-state index in [1.54, 1.807) is 12.1 Å². The van der Waals surface area contributed by atoms with Crippen LogP contribution >= 0.6 is 15.9 Å². The van der Waals surface area contributed by atoms with Crippen molar-refractivity contribution in [3.05, 3.63) is 130 Å². The van der Waals surface area contributed by atoms with Crippen molar-refractivity contribution in [3.63, 3.8) is 0 Å². The summed E-state index contributed by atoms with van der Waals surface area (Å²) in [5.74, 6) is -0.114. The Labute approximate surface area is 348 Å². The fourth-order valence-electron chi connectivity index (χ4n) is 8.95. The van der Waals surface area contributed by atoms with E-state index in [4.69, 9.17) is 5.26 Å². The van der Waals surface area contributed by atoms with Crippen molar-refractivity contribution in [2.75, 3.05) is 34.8 Å². The molecule has 4 atom stereocenters. The van der Waals surface area contributed by atoms with Gasteiger partial charge in [-0.3, -0.25) is 14.5 Å². The van der Waals surface area contributed by atoms with Crippen LogP contribution in [0.3, 0.4) is 0 Å². The summed E-state index contributed by atoms with van der Waals surface area (Å²) in [5.41, 5.74) is 7.62. The van der Waals surface area contributed by atoms with Gasteiger partial charge in [0.2, 0.25) is 11.8 Å². The van der Waals surface area contributed by atoms with E-state index in [0.29, 0.717) is 36.1 Å². The number of carbonyl (C=O) groups excluding carboxylic acids is 2. The zero-order valence-electron chi connectivity index (χ0n) is 33.6. The predicted octanol–water partition coefficient (Wildman–Crippen LogP) is 10.5. The second-order valence-electron chi connectivity index (χ2n) is 15.9. The molecule has 3 heterocycles. The molecule has 0 saturated carbocycles. The standard InChI is InChI=1S/C28H35N3O.C21H21BrN2O/c1-21-10-8-11-22(2)30(21)16-6-3-7-17-31-27-15-5-4-13-25(27)19-26(28(31)32)24-14-9-12-23(18-24)20-29;22-11-4-1-5-12-24-20-10-3-2-8-18(20)14-19(21(24)25)17-9-6-7-16(13-17)15-23/h4-5,9,12-15,18,21-22,26H,3,6-8,10-11,16-17,19H2,1-2H3;2-3,6-10,13,19H,1,4-5,11-12,14H2/t21-,22+,26?;. The lowest BCUT2D eigenvalue weighted by Crippen LogP contribution is -2.44. The van der Waals surface area contributed by atoms with Gasteiger partial charge in [-0.2, -0.15) is 10.5 Å². The summed E-state index contributed by atoms with van der Waals surface area (Å²) in [6.07, 6.45) is 11.9. The Bertz CT molecular complexity index is 2060. The number of nitriles is 2. The molecule has 4 aromatic rings. The summed E-state index contributed by atoms with van der Waals surface area (Å²) < 4.78 is 0. The monoisotopic (exact) mass is 825 g/mol. The predicted molar refractivity (Wildman–Crippen MR) is 234 cm³/mol. The molecule has 0 aliphatic carbocycles. The largest absolute Gasteiger partial charge is 0.312 e. The van der Waals surface area contributed by atoms with Crippen molar-refractivity contribution in [1.29, 1.82) is 10.5 Å². The molecule has 7 nitrogen and oxygen atoms in total. The quantitative estimate of drug-likeness (QED) is 0.0989. The number of amides is 2. The molecule has 57 heavy (non-hydrogen) atoms. The zero-order chi connectivity index (χ0) is 40.1. The number of nitrogens with zero attached hydrogens (tertiary/aromatic N) is 5. The van der Waals surface area contributed by atoms with E-state index >= 15 is 0 Å². The summed E-state index contributed by atoms with van der Waals surface area (Å²) in [4.78, 5) is 33.3. The molecule has 1 saturated heterocycles. The maximum Gasteiger partial charge on any atom is 0.234 e. The van der Waals surface area contributed by atoms with E-state index in [1.807, 2.05) is 70.5 Å². The average Bonchev–Trinajstić information content (AvgIpc) is 3.24. The molecule has 2 amide bonds. The number of benzene rings is 4. The molecule has 0 aromatic heterocycles. The van der Waals surface area contributed by atoms with Crippen molar-refractivity contribution in [2.45, 2.75) is 108 Å². The molecule has 0 radical (unpaired) electrons. The molecule has 2 unspecified atom stereocenters. The number of unbranched alkanes of at least 4 members (excludes halogenated alkanes) is 4. The van der Waals surface area contributed by atoms with Gasteiger partial charge in [-0.25, -0.2) is 0 Å². The highest BCUT2D eigenvalue weighted by molar-refractivity contribution is 9.09. The minimum atomic E-state index is -0.215. The third-order valence-corrected chi connectivity index (χ3v) is 12.6. The SMILES string of the molecule is C[C@@H]1CCC[C@H](C)N1CCCCCN1C(=O)C(c2cccc(C#N)c2)Cc2ccccc21.N#Cc1cccc(C2Cc3ccccc3N(CCCCCBr)C2=O)c1. The molecule has 4 aromatic carbocycles. The van der Waals surface area contributed by atoms with Crippen molar-refractivity contribution < 1.29 is 9.59 Å². The highest BCUT2D eigenvalue weighted by atomic mass is 79.9. The van der Waals surface area contributed by atoms with Gasteiger partial charge in [0.15, 0.2) is 0 Å². The molecule has 3 aliphatic heterocycles. The number of piperidine rings is 1. The zero-order valence-corrected chi connectivity index (χ0v) is 35.2. The first kappa shape index (κ1) is 41.9. The third kappa shape index (κ3) is 10.4. The van der Waals surface area contributed by atoms with Crippen molar-refractivity contribution in [2.24, 2.45) is 0 Å². The summed E-state index contributed by atoms with van der Waals surface area (Å²) in [6, 6.07) is 37.2. The number of carbonyl (C=O) groups is 2. The van der Waals surface area contributed by atoms with Gasteiger partial charge in [0, 0.05) is 41.9 Å². The fraction of sp³-hybridized carbons (Fsp3) is 0.429. The molecule has 296 valence electrons. The van der Waals surface area contributed by atoms with Crippen LogP contribution in [0.5, 0.6) is 0 Å². The van der Waals surface area contributed by atoms with Crippen LogP contribution in [0.2, 0.25) is 0 Å². The van der Waals surface area contributed by atoms with E-state index in [9.17, 15) is 14.9 Å². The molecular formula is C49H56BrN5O2. The molecule has 7 rings (SSSR count). The highest BCUT2D eigenvalue weighted by Crippen LogP contribution is 2.37. The Balaban J connectivity index is 0.000000199. The lowest BCUT2D eigenvalue weighted by atomic mass is 9.85. The lowest BCUT2D eigenvalue weighted by Gasteiger charge is -2.39. The fourth-order valence-corrected chi connectivity index (χ4v) is 9.35. The molecule has 0 bridgehead atoms. The van der Waals surface area contributed by atoms with E-state index in [1.165, 1.54) is 36.8 Å².